The minimum absolute atomic E-state index is 0. The van der Waals surface area contributed by atoms with Crippen LogP contribution < -0.4 is 9.30 Å². The van der Waals surface area contributed by atoms with Crippen molar-refractivity contribution in [2.45, 2.75) is 53.9 Å². The number of fused-ring (bicyclic) bond motifs is 4. The van der Waals surface area contributed by atoms with Crippen molar-refractivity contribution in [2.24, 2.45) is 0 Å². The van der Waals surface area contributed by atoms with Gasteiger partial charge >= 0.3 is 0 Å². The molecule has 308 valence electrons. The Morgan fingerprint density at radius 3 is 1.89 bits per heavy atom. The molecule has 0 N–H and O–H groups in total. The number of pyridine rings is 3. The molecular formula is C54H44N6OPt-2. The molecule has 0 atom stereocenters. The molecule has 0 aliphatic heterocycles. The Hall–Kier alpha value is -6.69. The van der Waals surface area contributed by atoms with E-state index < -0.39 is 0 Å². The molecule has 10 aromatic rings. The first kappa shape index (κ1) is 40.7. The number of hydrogen-bond donors (Lipinski definition) is 0. The Kier molecular flexibility index (Phi) is 10.5. The molecule has 10 rings (SSSR count). The molecule has 8 heteroatoms. The molecule has 5 aromatic carbocycles. The maximum Gasteiger partial charge on any atom is 0.268 e. The summed E-state index contributed by atoms with van der Waals surface area (Å²) in [6.45, 7) is 14.8. The van der Waals surface area contributed by atoms with E-state index in [1.54, 1.807) is 0 Å². The Labute approximate surface area is 376 Å². The molecule has 0 aliphatic carbocycles. The second kappa shape index (κ2) is 16.0. The average molecular weight is 988 g/mol. The number of hydrogen-bond acceptors (Lipinski definition) is 4. The van der Waals surface area contributed by atoms with Gasteiger partial charge in [0.2, 0.25) is 0 Å². The van der Waals surface area contributed by atoms with E-state index in [9.17, 15) is 0 Å². The number of nitrogens with zero attached hydrogens (tertiary/aromatic N) is 6. The van der Waals surface area contributed by atoms with E-state index >= 15 is 0 Å². The van der Waals surface area contributed by atoms with Gasteiger partial charge < -0.3 is 13.9 Å². The van der Waals surface area contributed by atoms with E-state index in [2.05, 4.69) is 162 Å². The Balaban J connectivity index is 0.00000490. The van der Waals surface area contributed by atoms with E-state index in [4.69, 9.17) is 19.7 Å². The Morgan fingerprint density at radius 2 is 1.21 bits per heavy atom. The molecule has 0 radical (unpaired) electrons. The number of para-hydroxylation sites is 4. The van der Waals surface area contributed by atoms with E-state index in [-0.39, 0.29) is 26.5 Å². The van der Waals surface area contributed by atoms with Crippen LogP contribution in [0, 0.1) is 46.2 Å². The van der Waals surface area contributed by atoms with Gasteiger partial charge in [0.15, 0.2) is 0 Å². The van der Waals surface area contributed by atoms with E-state index in [0.717, 1.165) is 95.1 Å². The van der Waals surface area contributed by atoms with Gasteiger partial charge in [-0.2, -0.15) is 18.2 Å². The molecule has 0 bridgehead atoms. The fraction of sp³-hybridized carbons (Fsp3) is 0.148. The van der Waals surface area contributed by atoms with Crippen molar-refractivity contribution in [1.29, 1.82) is 0 Å². The maximum absolute atomic E-state index is 6.62. The number of ether oxygens (including phenoxy) is 1. The number of aryl methyl sites for hydroxylation is 4. The van der Waals surface area contributed by atoms with Gasteiger partial charge in [0, 0.05) is 67.1 Å². The third-order valence-electron chi connectivity index (χ3n) is 11.2. The van der Waals surface area contributed by atoms with Crippen molar-refractivity contribution in [3.8, 4) is 50.9 Å². The topological polar surface area (TPSA) is 61.6 Å². The van der Waals surface area contributed by atoms with Gasteiger partial charge in [-0.25, -0.2) is 4.98 Å². The van der Waals surface area contributed by atoms with Crippen LogP contribution in [0.25, 0.3) is 72.3 Å². The average Bonchev–Trinajstić information content (AvgIpc) is 3.78. The summed E-state index contributed by atoms with van der Waals surface area (Å²) < 4.78 is 13.1. The second-order valence-corrected chi connectivity index (χ2v) is 16.8. The van der Waals surface area contributed by atoms with Crippen LogP contribution in [-0.4, -0.2) is 24.1 Å². The molecule has 0 saturated carbocycles. The molecule has 5 heterocycles. The third-order valence-corrected chi connectivity index (χ3v) is 11.2. The van der Waals surface area contributed by atoms with Gasteiger partial charge in [-0.3, -0.25) is 14.5 Å². The van der Waals surface area contributed by atoms with Crippen molar-refractivity contribution < 1.29 is 30.4 Å². The van der Waals surface area contributed by atoms with Gasteiger partial charge in [0.25, 0.3) is 6.33 Å². The summed E-state index contributed by atoms with van der Waals surface area (Å²) in [5.41, 5.74) is 15.1. The van der Waals surface area contributed by atoms with Crippen LogP contribution in [0.3, 0.4) is 0 Å². The molecule has 0 unspecified atom stereocenters. The number of aromatic nitrogens is 6. The second-order valence-electron chi connectivity index (χ2n) is 16.8. The van der Waals surface area contributed by atoms with Crippen molar-refractivity contribution in [3.05, 3.63) is 186 Å². The van der Waals surface area contributed by atoms with Crippen molar-refractivity contribution in [1.82, 2.24) is 24.1 Å². The molecule has 0 saturated heterocycles. The van der Waals surface area contributed by atoms with E-state index in [0.29, 0.717) is 11.5 Å². The summed E-state index contributed by atoms with van der Waals surface area (Å²) in [7, 11) is 0. The van der Waals surface area contributed by atoms with Gasteiger partial charge in [0.05, 0.1) is 16.7 Å². The number of rotatable bonds is 7. The first-order valence-corrected chi connectivity index (χ1v) is 20.6. The van der Waals surface area contributed by atoms with Gasteiger partial charge in [-0.05, 0) is 114 Å². The van der Waals surface area contributed by atoms with E-state index in [1.165, 1.54) is 5.56 Å². The molecule has 62 heavy (non-hydrogen) atoms. The number of benzene rings is 5. The predicted octanol–water partition coefficient (Wildman–Crippen LogP) is 12.2. The Bertz CT molecular complexity index is 3230. The number of imidazole rings is 1. The predicted molar refractivity (Wildman–Crippen MR) is 244 cm³/mol. The first-order chi connectivity index (χ1) is 29.5. The molecular weight excluding hydrogens is 944 g/mol. The largest absolute Gasteiger partial charge is 0.510 e. The molecule has 0 spiro atoms. The van der Waals surface area contributed by atoms with Crippen LogP contribution in [0.1, 0.15) is 49.1 Å². The summed E-state index contributed by atoms with van der Waals surface area (Å²) >= 11 is 0. The zero-order valence-corrected chi connectivity index (χ0v) is 38.0. The standard InChI is InChI=1S/C54H44N6O.Pt/c1-34-26-38(27-35(2)56-34)44-17-13-18-45(39-28-36(3)57-37(4)29-39)53(44)59-33-58(49-20-10-11-21-50(49)59)41-14-12-15-42(31-41)61-43-22-23-47-46-16-8-9-19-48(46)60(51(47)32-43)52-30-40(24-25-55-52)54(5,6)7;/h8-30H,1-7H3;/q-2;. The van der Waals surface area contributed by atoms with Crippen molar-refractivity contribution in [3.63, 3.8) is 0 Å². The van der Waals surface area contributed by atoms with Gasteiger partial charge in [0.1, 0.15) is 5.82 Å². The fourth-order valence-electron chi connectivity index (χ4n) is 8.56. The zero-order chi connectivity index (χ0) is 42.0. The monoisotopic (exact) mass is 987 g/mol. The van der Waals surface area contributed by atoms with Gasteiger partial charge in [-0.15, -0.1) is 29.7 Å². The fourth-order valence-corrected chi connectivity index (χ4v) is 8.56. The molecule has 0 aliphatic rings. The molecule has 7 nitrogen and oxygen atoms in total. The van der Waals surface area contributed by atoms with Gasteiger partial charge in [-0.1, -0.05) is 87.0 Å². The SMILES string of the molecule is Cc1cc(-c2cccc(-c3cc(C)nc(C)c3)c2-[n+]2[c-]n(-c3[c-]c(Oc4[c-]c5c(cc4)c4ccccc4n5-c4cc(C(C)(C)C)ccn4)ccc3)c3ccccc32)cc(C)n1.[Pt]. The summed E-state index contributed by atoms with van der Waals surface area (Å²) in [6, 6.07) is 53.5. The summed E-state index contributed by atoms with van der Waals surface area (Å²) in [5, 5.41) is 2.21. The smallest absolute Gasteiger partial charge is 0.268 e. The summed E-state index contributed by atoms with van der Waals surface area (Å²) in [6.07, 6.45) is 5.66. The van der Waals surface area contributed by atoms with E-state index in [1.807, 2.05) is 58.2 Å². The quantitative estimate of drug-likeness (QED) is 0.118. The molecule has 5 aromatic heterocycles. The van der Waals surface area contributed by atoms with Crippen LogP contribution in [0.4, 0.5) is 0 Å². The van der Waals surface area contributed by atoms with Crippen molar-refractivity contribution in [2.75, 3.05) is 0 Å². The molecule has 0 amide bonds. The Morgan fingerprint density at radius 1 is 0.597 bits per heavy atom. The van der Waals surface area contributed by atoms with Crippen LogP contribution >= 0.6 is 0 Å². The minimum Gasteiger partial charge on any atom is -0.510 e. The van der Waals surface area contributed by atoms with Crippen molar-refractivity contribution >= 4 is 32.8 Å². The minimum atomic E-state index is -0.0293. The third kappa shape index (κ3) is 7.41. The molecule has 0 fully saturated rings. The van der Waals surface area contributed by atoms with Crippen LogP contribution in [0.5, 0.6) is 11.5 Å². The van der Waals surface area contributed by atoms with Crippen LogP contribution in [0.2, 0.25) is 0 Å². The summed E-state index contributed by atoms with van der Waals surface area (Å²) in [5.74, 6) is 1.99. The zero-order valence-electron chi connectivity index (χ0n) is 35.7. The maximum atomic E-state index is 6.62. The van der Waals surface area contributed by atoms with Crippen LogP contribution in [0.15, 0.2) is 140 Å². The van der Waals surface area contributed by atoms with Crippen LogP contribution in [-0.2, 0) is 26.5 Å². The first-order valence-electron chi connectivity index (χ1n) is 20.6. The summed E-state index contributed by atoms with van der Waals surface area (Å²) in [4.78, 5) is 14.3. The normalized spacial score (nSPS) is 11.7.